The first-order valence-electron chi connectivity index (χ1n) is 5.12. The lowest BCUT2D eigenvalue weighted by molar-refractivity contribution is 0.0693. The average molecular weight is 371 g/mol. The van der Waals surface area contributed by atoms with Crippen LogP contribution >= 0.6 is 34.4 Å². The number of carboxylic acid groups (broad SMARTS) is 1. The minimum atomic E-state index is -0.963. The van der Waals surface area contributed by atoms with Crippen LogP contribution in [0.3, 0.4) is 0 Å². The lowest BCUT2D eigenvalue weighted by Gasteiger charge is -2.06. The van der Waals surface area contributed by atoms with Crippen molar-refractivity contribution in [3.63, 3.8) is 0 Å². The summed E-state index contributed by atoms with van der Waals surface area (Å²) < 4.78 is 1.15. The number of halogens is 1. The maximum Gasteiger partial charge on any atom is 0.336 e. The number of nitrogens with two attached hydrogens (primary N) is 1. The minimum Gasteiger partial charge on any atom is -0.478 e. The van der Waals surface area contributed by atoms with Gasteiger partial charge in [0.25, 0.3) is 0 Å². The van der Waals surface area contributed by atoms with Gasteiger partial charge in [-0.25, -0.2) is 4.79 Å². The van der Waals surface area contributed by atoms with E-state index in [4.69, 9.17) is 10.8 Å². The molecule has 0 aliphatic heterocycles. The van der Waals surface area contributed by atoms with Gasteiger partial charge < -0.3 is 10.8 Å². The molecule has 2 rings (SSSR count). The third kappa shape index (κ3) is 3.17. The fraction of sp³-hybridized carbons (Fsp3) is 0. The summed E-state index contributed by atoms with van der Waals surface area (Å²) in [5.74, 6) is -0.963. The van der Waals surface area contributed by atoms with Crippen molar-refractivity contribution >= 4 is 46.0 Å². The van der Waals surface area contributed by atoms with Crippen LogP contribution in [0, 0.1) is 3.57 Å². The molecule has 0 aliphatic carbocycles. The Morgan fingerprint density at radius 1 is 1.17 bits per heavy atom. The standard InChI is InChI=1S/C13H10INO2S/c14-8-1-4-10(5-2-8)18-12-6-3-9(15)7-11(12)13(16)17/h1-7H,15H2,(H,16,17). The number of rotatable bonds is 3. The van der Waals surface area contributed by atoms with Gasteiger partial charge in [-0.05, 0) is 65.1 Å². The maximum absolute atomic E-state index is 11.1. The zero-order valence-corrected chi connectivity index (χ0v) is 12.2. The molecule has 0 amide bonds. The van der Waals surface area contributed by atoms with E-state index in [9.17, 15) is 4.79 Å². The van der Waals surface area contributed by atoms with Crippen LogP contribution in [0.25, 0.3) is 0 Å². The summed E-state index contributed by atoms with van der Waals surface area (Å²) in [4.78, 5) is 12.8. The second-order valence-electron chi connectivity index (χ2n) is 3.62. The van der Waals surface area contributed by atoms with E-state index in [1.807, 2.05) is 24.3 Å². The second-order valence-corrected chi connectivity index (χ2v) is 5.98. The predicted octanol–water partition coefficient (Wildman–Crippen LogP) is 3.72. The average Bonchev–Trinajstić information content (AvgIpc) is 2.34. The van der Waals surface area contributed by atoms with Gasteiger partial charge in [0.15, 0.2) is 0 Å². The third-order valence-electron chi connectivity index (χ3n) is 2.28. The number of aromatic carboxylic acids is 1. The Morgan fingerprint density at radius 3 is 2.44 bits per heavy atom. The van der Waals surface area contributed by atoms with Gasteiger partial charge in [0.2, 0.25) is 0 Å². The van der Waals surface area contributed by atoms with E-state index in [1.54, 1.807) is 12.1 Å². The molecular weight excluding hydrogens is 361 g/mol. The van der Waals surface area contributed by atoms with Gasteiger partial charge in [0.1, 0.15) is 0 Å². The molecule has 0 bridgehead atoms. The molecule has 18 heavy (non-hydrogen) atoms. The summed E-state index contributed by atoms with van der Waals surface area (Å²) in [6, 6.07) is 12.8. The van der Waals surface area contributed by atoms with Crippen molar-refractivity contribution in [2.24, 2.45) is 0 Å². The highest BCUT2D eigenvalue weighted by atomic mass is 127. The summed E-state index contributed by atoms with van der Waals surface area (Å²) in [6.07, 6.45) is 0. The van der Waals surface area contributed by atoms with E-state index in [1.165, 1.54) is 17.8 Å². The summed E-state index contributed by atoms with van der Waals surface area (Å²) >= 11 is 3.65. The molecule has 0 saturated heterocycles. The highest BCUT2D eigenvalue weighted by molar-refractivity contribution is 14.1. The largest absolute Gasteiger partial charge is 0.478 e. The number of hydrogen-bond acceptors (Lipinski definition) is 3. The number of nitrogen functional groups attached to an aromatic ring is 1. The van der Waals surface area contributed by atoms with E-state index in [0.29, 0.717) is 10.6 Å². The van der Waals surface area contributed by atoms with Crippen LogP contribution in [-0.2, 0) is 0 Å². The van der Waals surface area contributed by atoms with E-state index in [0.717, 1.165) is 8.47 Å². The number of anilines is 1. The van der Waals surface area contributed by atoms with Gasteiger partial charge in [-0.3, -0.25) is 0 Å². The summed E-state index contributed by atoms with van der Waals surface area (Å²) in [5, 5.41) is 9.14. The van der Waals surface area contributed by atoms with Crippen LogP contribution in [0.4, 0.5) is 5.69 Å². The van der Waals surface area contributed by atoms with Gasteiger partial charge in [0, 0.05) is 19.0 Å². The van der Waals surface area contributed by atoms with E-state index >= 15 is 0 Å². The molecule has 5 heteroatoms. The molecule has 3 nitrogen and oxygen atoms in total. The van der Waals surface area contributed by atoms with Gasteiger partial charge in [-0.15, -0.1) is 0 Å². The van der Waals surface area contributed by atoms with E-state index in [2.05, 4.69) is 22.6 Å². The van der Waals surface area contributed by atoms with Crippen molar-refractivity contribution in [1.29, 1.82) is 0 Å². The Bertz CT molecular complexity index is 584. The first-order chi connectivity index (χ1) is 8.56. The maximum atomic E-state index is 11.1. The molecule has 0 unspecified atom stereocenters. The Balaban J connectivity index is 2.34. The summed E-state index contributed by atoms with van der Waals surface area (Å²) in [5.41, 5.74) is 6.30. The highest BCUT2D eigenvalue weighted by Gasteiger charge is 2.11. The molecule has 0 fully saturated rings. The highest BCUT2D eigenvalue weighted by Crippen LogP contribution is 2.31. The first-order valence-corrected chi connectivity index (χ1v) is 7.02. The van der Waals surface area contributed by atoms with Crippen LogP contribution in [0.5, 0.6) is 0 Å². The molecule has 0 heterocycles. The quantitative estimate of drug-likeness (QED) is 0.638. The molecule has 0 aliphatic rings. The number of benzene rings is 2. The van der Waals surface area contributed by atoms with Crippen LogP contribution < -0.4 is 5.73 Å². The topological polar surface area (TPSA) is 63.3 Å². The fourth-order valence-electron chi connectivity index (χ4n) is 1.43. The van der Waals surface area contributed by atoms with Crippen molar-refractivity contribution in [2.45, 2.75) is 9.79 Å². The number of carboxylic acids is 1. The Labute approximate surface area is 123 Å². The lowest BCUT2D eigenvalue weighted by atomic mass is 10.2. The van der Waals surface area contributed by atoms with Crippen molar-refractivity contribution < 1.29 is 9.90 Å². The third-order valence-corrected chi connectivity index (χ3v) is 4.08. The van der Waals surface area contributed by atoms with Crippen molar-refractivity contribution in [3.05, 3.63) is 51.6 Å². The Hall–Kier alpha value is -1.21. The van der Waals surface area contributed by atoms with Gasteiger partial charge >= 0.3 is 5.97 Å². The fourth-order valence-corrected chi connectivity index (χ4v) is 2.71. The zero-order valence-electron chi connectivity index (χ0n) is 9.26. The number of hydrogen-bond donors (Lipinski definition) is 2. The summed E-state index contributed by atoms with van der Waals surface area (Å²) in [7, 11) is 0. The van der Waals surface area contributed by atoms with E-state index in [-0.39, 0.29) is 5.56 Å². The molecule has 0 saturated carbocycles. The van der Waals surface area contributed by atoms with Crippen LogP contribution in [0.2, 0.25) is 0 Å². The number of carbonyl (C=O) groups is 1. The molecule has 2 aromatic rings. The zero-order chi connectivity index (χ0) is 13.1. The van der Waals surface area contributed by atoms with Crippen molar-refractivity contribution in [3.8, 4) is 0 Å². The molecule has 0 spiro atoms. The van der Waals surface area contributed by atoms with Gasteiger partial charge in [0.05, 0.1) is 5.56 Å². The van der Waals surface area contributed by atoms with Crippen molar-refractivity contribution in [2.75, 3.05) is 5.73 Å². The van der Waals surface area contributed by atoms with Crippen LogP contribution in [0.15, 0.2) is 52.3 Å². The molecular formula is C13H10INO2S. The monoisotopic (exact) mass is 371 g/mol. The molecule has 3 N–H and O–H groups in total. The summed E-state index contributed by atoms with van der Waals surface area (Å²) in [6.45, 7) is 0. The molecule has 92 valence electrons. The minimum absolute atomic E-state index is 0.235. The van der Waals surface area contributed by atoms with Crippen molar-refractivity contribution in [1.82, 2.24) is 0 Å². The van der Waals surface area contributed by atoms with Crippen LogP contribution in [0.1, 0.15) is 10.4 Å². The van der Waals surface area contributed by atoms with Crippen LogP contribution in [-0.4, -0.2) is 11.1 Å². The Morgan fingerprint density at radius 2 is 1.83 bits per heavy atom. The first kappa shape index (κ1) is 13.2. The molecule has 0 radical (unpaired) electrons. The lowest BCUT2D eigenvalue weighted by Crippen LogP contribution is -2.00. The second kappa shape index (κ2) is 5.62. The molecule has 2 aromatic carbocycles. The smallest absolute Gasteiger partial charge is 0.336 e. The van der Waals surface area contributed by atoms with E-state index < -0.39 is 5.97 Å². The SMILES string of the molecule is Nc1ccc(Sc2ccc(I)cc2)c(C(=O)O)c1. The van der Waals surface area contributed by atoms with Gasteiger partial charge in [-0.1, -0.05) is 11.8 Å². The molecule has 0 aromatic heterocycles. The predicted molar refractivity (Wildman–Crippen MR) is 81.1 cm³/mol. The molecule has 0 atom stereocenters. The normalized spacial score (nSPS) is 10.3. The Kier molecular flexibility index (Phi) is 4.13. The van der Waals surface area contributed by atoms with Gasteiger partial charge in [-0.2, -0.15) is 0 Å².